The van der Waals surface area contributed by atoms with Gasteiger partial charge in [0, 0.05) is 74.1 Å². The second-order valence-corrected chi connectivity index (χ2v) is 7.61. The van der Waals surface area contributed by atoms with Crippen molar-refractivity contribution in [3.05, 3.63) is 54.2 Å². The van der Waals surface area contributed by atoms with Crippen LogP contribution in [-0.2, 0) is 7.05 Å². The number of rotatable bonds is 3. The lowest BCUT2D eigenvalue weighted by molar-refractivity contribution is 0.584. The van der Waals surface area contributed by atoms with Crippen LogP contribution in [0.1, 0.15) is 11.1 Å². The fraction of sp³-hybridized carbons (Fsp3) is 0.273. The number of nitrogens with zero attached hydrogens (tertiary/aromatic N) is 7. The zero-order valence-electron chi connectivity index (χ0n) is 17.8. The van der Waals surface area contributed by atoms with Gasteiger partial charge in [0.1, 0.15) is 11.9 Å². The summed E-state index contributed by atoms with van der Waals surface area (Å²) in [6.07, 6.45) is 9.25. The molecular weight excluding hydrogens is 447 g/mol. The lowest BCUT2D eigenvalue weighted by Gasteiger charge is -2.29. The summed E-state index contributed by atoms with van der Waals surface area (Å²) in [6.45, 7) is 5.94. The van der Waals surface area contributed by atoms with Gasteiger partial charge in [0.15, 0.2) is 0 Å². The summed E-state index contributed by atoms with van der Waals surface area (Å²) in [5.41, 5.74) is 6.36. The van der Waals surface area contributed by atoms with E-state index in [9.17, 15) is 5.26 Å². The number of aryl methyl sites for hydroxylation is 2. The van der Waals surface area contributed by atoms with E-state index in [2.05, 4.69) is 45.5 Å². The molecule has 0 amide bonds. The number of fused-ring (bicyclic) bond motifs is 1. The molecule has 0 spiro atoms. The second kappa shape index (κ2) is 9.57. The normalized spacial score (nSPS) is 13.3. The fourth-order valence-electron chi connectivity index (χ4n) is 4.07. The molecule has 1 aliphatic rings. The summed E-state index contributed by atoms with van der Waals surface area (Å²) in [5, 5.41) is 21.7. The highest BCUT2D eigenvalue weighted by molar-refractivity contribution is 5.88. The molecule has 1 saturated heterocycles. The molecule has 1 fully saturated rings. The monoisotopic (exact) mass is 470 g/mol. The summed E-state index contributed by atoms with van der Waals surface area (Å²) in [5.74, 6) is 1.02. The van der Waals surface area contributed by atoms with Crippen LogP contribution in [0.3, 0.4) is 0 Å². The Bertz CT molecular complexity index is 1280. The Labute approximate surface area is 198 Å². The van der Waals surface area contributed by atoms with Gasteiger partial charge in [0.2, 0.25) is 0 Å². The molecule has 32 heavy (non-hydrogen) atoms. The van der Waals surface area contributed by atoms with E-state index >= 15 is 0 Å². The largest absolute Gasteiger partial charge is 0.354 e. The van der Waals surface area contributed by atoms with Gasteiger partial charge < -0.3 is 10.2 Å². The third kappa shape index (κ3) is 4.15. The van der Waals surface area contributed by atoms with Crippen molar-refractivity contribution >= 4 is 36.1 Å². The van der Waals surface area contributed by atoms with Crippen molar-refractivity contribution in [3.8, 4) is 28.3 Å². The number of aromatic nitrogens is 5. The van der Waals surface area contributed by atoms with Crippen LogP contribution in [0.25, 0.3) is 27.8 Å². The summed E-state index contributed by atoms with van der Waals surface area (Å²) in [4.78, 5) is 7.12. The number of hydrogen-bond acceptors (Lipinski definition) is 6. The second-order valence-electron chi connectivity index (χ2n) is 7.61. The van der Waals surface area contributed by atoms with Crippen LogP contribution >= 0.6 is 24.8 Å². The highest BCUT2D eigenvalue weighted by Gasteiger charge is 2.18. The van der Waals surface area contributed by atoms with Gasteiger partial charge in [-0.1, -0.05) is 0 Å². The maximum Gasteiger partial charge on any atom is 0.131 e. The van der Waals surface area contributed by atoms with E-state index in [1.165, 1.54) is 0 Å². The van der Waals surface area contributed by atoms with E-state index in [-0.39, 0.29) is 24.8 Å². The first-order chi connectivity index (χ1) is 14.6. The van der Waals surface area contributed by atoms with E-state index in [1.54, 1.807) is 15.4 Å². The summed E-state index contributed by atoms with van der Waals surface area (Å²) in [6, 6.07) is 6.51. The van der Waals surface area contributed by atoms with Crippen LogP contribution < -0.4 is 10.2 Å². The molecule has 0 aliphatic carbocycles. The quantitative estimate of drug-likeness (QED) is 0.494. The Morgan fingerprint density at radius 1 is 0.969 bits per heavy atom. The van der Waals surface area contributed by atoms with Crippen LogP contribution in [0.2, 0.25) is 0 Å². The standard InChI is InChI=1S/C22H22N8.2ClH/c1-15-7-16(10-25-22(15)29-5-3-24-4-6-29)20-8-17(19-12-26-28(2)13-19)14-30-21(20)18(9-23)11-27-30;;/h7-8,10-14,24H,3-6H2,1-2H3;2*1H. The lowest BCUT2D eigenvalue weighted by Crippen LogP contribution is -2.44. The maximum atomic E-state index is 9.61. The number of piperazine rings is 1. The van der Waals surface area contributed by atoms with E-state index in [1.807, 2.05) is 31.8 Å². The number of hydrogen-bond donors (Lipinski definition) is 1. The van der Waals surface area contributed by atoms with E-state index in [0.29, 0.717) is 5.56 Å². The van der Waals surface area contributed by atoms with Crippen molar-refractivity contribution in [2.45, 2.75) is 6.92 Å². The highest BCUT2D eigenvalue weighted by atomic mass is 35.5. The molecule has 0 atom stereocenters. The zero-order chi connectivity index (χ0) is 20.7. The van der Waals surface area contributed by atoms with Gasteiger partial charge in [-0.25, -0.2) is 9.50 Å². The van der Waals surface area contributed by atoms with Crippen molar-refractivity contribution in [1.29, 1.82) is 5.26 Å². The van der Waals surface area contributed by atoms with Gasteiger partial charge in [-0.3, -0.25) is 4.68 Å². The Hall–Kier alpha value is -3.12. The predicted molar refractivity (Wildman–Crippen MR) is 130 cm³/mol. The molecule has 4 aromatic rings. The topological polar surface area (TPSA) is 87.1 Å². The number of pyridine rings is 2. The average Bonchev–Trinajstić information content (AvgIpc) is 3.39. The van der Waals surface area contributed by atoms with Gasteiger partial charge in [-0.05, 0) is 24.6 Å². The van der Waals surface area contributed by atoms with Crippen molar-refractivity contribution < 1.29 is 0 Å². The van der Waals surface area contributed by atoms with Crippen LogP contribution in [0.4, 0.5) is 5.82 Å². The Balaban J connectivity index is 0.00000144. The van der Waals surface area contributed by atoms with Gasteiger partial charge in [0.25, 0.3) is 0 Å². The van der Waals surface area contributed by atoms with Crippen molar-refractivity contribution in [2.24, 2.45) is 7.05 Å². The molecule has 0 radical (unpaired) electrons. The van der Waals surface area contributed by atoms with Gasteiger partial charge in [0.05, 0.1) is 23.5 Å². The van der Waals surface area contributed by atoms with Crippen LogP contribution in [0, 0.1) is 18.3 Å². The molecule has 0 aromatic carbocycles. The summed E-state index contributed by atoms with van der Waals surface area (Å²) in [7, 11) is 1.90. The van der Waals surface area contributed by atoms with E-state index in [0.717, 1.165) is 65.3 Å². The van der Waals surface area contributed by atoms with Crippen molar-refractivity contribution in [3.63, 3.8) is 0 Å². The molecule has 4 aromatic heterocycles. The minimum atomic E-state index is 0. The van der Waals surface area contributed by atoms with Crippen LogP contribution in [0.5, 0.6) is 0 Å². The number of nitriles is 1. The maximum absolute atomic E-state index is 9.61. The van der Waals surface area contributed by atoms with Gasteiger partial charge in [-0.2, -0.15) is 15.5 Å². The Morgan fingerprint density at radius 2 is 1.75 bits per heavy atom. The molecule has 5 heterocycles. The number of halogens is 2. The van der Waals surface area contributed by atoms with Crippen LogP contribution in [-0.4, -0.2) is 50.6 Å². The molecule has 0 saturated carbocycles. The minimum Gasteiger partial charge on any atom is -0.354 e. The van der Waals surface area contributed by atoms with Gasteiger partial charge >= 0.3 is 0 Å². The molecule has 10 heteroatoms. The summed E-state index contributed by atoms with van der Waals surface area (Å²) >= 11 is 0. The number of nitrogens with one attached hydrogen (secondary N) is 1. The summed E-state index contributed by atoms with van der Waals surface area (Å²) < 4.78 is 3.55. The third-order valence-corrected chi connectivity index (χ3v) is 5.55. The number of anilines is 1. The van der Waals surface area contributed by atoms with Crippen molar-refractivity contribution in [2.75, 3.05) is 31.1 Å². The molecular formula is C22H24Cl2N8. The molecule has 1 aliphatic heterocycles. The molecule has 0 unspecified atom stereocenters. The van der Waals surface area contributed by atoms with E-state index < -0.39 is 0 Å². The first kappa shape index (κ1) is 23.5. The average molecular weight is 471 g/mol. The third-order valence-electron chi connectivity index (χ3n) is 5.55. The molecule has 0 bridgehead atoms. The minimum absolute atomic E-state index is 0. The zero-order valence-corrected chi connectivity index (χ0v) is 19.4. The lowest BCUT2D eigenvalue weighted by atomic mass is 10.00. The Kier molecular flexibility index (Phi) is 7.04. The van der Waals surface area contributed by atoms with E-state index in [4.69, 9.17) is 4.98 Å². The molecule has 166 valence electrons. The highest BCUT2D eigenvalue weighted by Crippen LogP contribution is 2.33. The molecule has 1 N–H and O–H groups in total. The SMILES string of the molecule is Cc1cc(-c2cc(-c3cnn(C)c3)cn3ncc(C#N)c23)cnc1N1CCNCC1.Cl.Cl. The molecule has 8 nitrogen and oxygen atoms in total. The van der Waals surface area contributed by atoms with Crippen LogP contribution in [0.15, 0.2) is 43.1 Å². The Morgan fingerprint density at radius 3 is 2.41 bits per heavy atom. The first-order valence-corrected chi connectivity index (χ1v) is 9.97. The van der Waals surface area contributed by atoms with Crippen molar-refractivity contribution in [1.82, 2.24) is 29.7 Å². The smallest absolute Gasteiger partial charge is 0.131 e. The fourth-order valence-corrected chi connectivity index (χ4v) is 4.07. The first-order valence-electron chi connectivity index (χ1n) is 9.97. The molecule has 5 rings (SSSR count). The van der Waals surface area contributed by atoms with Gasteiger partial charge in [-0.15, -0.1) is 24.8 Å². The predicted octanol–water partition coefficient (Wildman–Crippen LogP) is 3.23.